The van der Waals surface area contributed by atoms with Crippen LogP contribution in [0, 0.1) is 0 Å². The molecule has 0 aromatic heterocycles. The van der Waals surface area contributed by atoms with Crippen LogP contribution in [-0.2, 0) is 17.6 Å². The Bertz CT molecular complexity index is 760. The van der Waals surface area contributed by atoms with Crippen molar-refractivity contribution in [3.05, 3.63) is 75.3 Å². The molecule has 2 nitrogen and oxygen atoms in total. The van der Waals surface area contributed by atoms with Crippen molar-refractivity contribution in [1.82, 2.24) is 0 Å². The Kier molecular flexibility index (Phi) is 3.56. The molecular weight excluding hydrogens is 284 g/mol. The first-order valence-electron chi connectivity index (χ1n) is 6.89. The third kappa shape index (κ3) is 2.47. The van der Waals surface area contributed by atoms with Gasteiger partial charge >= 0.3 is 5.97 Å². The monoisotopic (exact) mass is 298 g/mol. The standard InChI is InChI=1S/C18H15ClO2/c1-11(18(20)21)17-15-5-3-2-4-12(15)6-7-13-10-14(19)8-9-16(13)17/h2-5,8-10H,6-7H2,1H3,(H,20,21). The zero-order valence-electron chi connectivity index (χ0n) is 11.7. The Labute approximate surface area is 128 Å². The van der Waals surface area contributed by atoms with Crippen LogP contribution in [0.4, 0.5) is 0 Å². The van der Waals surface area contributed by atoms with Crippen LogP contribution >= 0.6 is 11.6 Å². The van der Waals surface area contributed by atoms with E-state index in [2.05, 4.69) is 6.07 Å². The molecule has 3 rings (SSSR count). The molecule has 0 heterocycles. The maximum atomic E-state index is 11.5. The topological polar surface area (TPSA) is 37.3 Å². The fourth-order valence-electron chi connectivity index (χ4n) is 2.92. The van der Waals surface area contributed by atoms with Gasteiger partial charge in [-0.15, -0.1) is 0 Å². The van der Waals surface area contributed by atoms with Gasteiger partial charge in [0.1, 0.15) is 0 Å². The van der Waals surface area contributed by atoms with Crippen LogP contribution in [-0.4, -0.2) is 11.1 Å². The van der Waals surface area contributed by atoms with Gasteiger partial charge in [-0.1, -0.05) is 41.9 Å². The number of aryl methyl sites for hydroxylation is 2. The Hall–Kier alpha value is -2.06. The zero-order valence-corrected chi connectivity index (χ0v) is 12.4. The highest BCUT2D eigenvalue weighted by Gasteiger charge is 2.22. The highest BCUT2D eigenvalue weighted by Crippen LogP contribution is 2.36. The second kappa shape index (κ2) is 5.38. The normalized spacial score (nSPS) is 15.7. The molecule has 0 bridgehead atoms. The van der Waals surface area contributed by atoms with Gasteiger partial charge < -0.3 is 5.11 Å². The van der Waals surface area contributed by atoms with Crippen LogP contribution in [0.25, 0.3) is 5.57 Å². The number of fused-ring (bicyclic) bond motifs is 2. The lowest BCUT2D eigenvalue weighted by Crippen LogP contribution is -2.03. The molecule has 1 aliphatic rings. The summed E-state index contributed by atoms with van der Waals surface area (Å²) < 4.78 is 0. The Morgan fingerprint density at radius 1 is 1.05 bits per heavy atom. The molecule has 0 spiro atoms. The molecule has 3 heteroatoms. The van der Waals surface area contributed by atoms with E-state index in [0.29, 0.717) is 10.6 Å². The average molecular weight is 299 g/mol. The summed E-state index contributed by atoms with van der Waals surface area (Å²) in [6, 6.07) is 13.7. The quantitative estimate of drug-likeness (QED) is 0.795. The third-order valence-corrected chi connectivity index (χ3v) is 4.22. The molecule has 0 saturated heterocycles. The number of hydrogen-bond acceptors (Lipinski definition) is 1. The first-order chi connectivity index (χ1) is 10.1. The SMILES string of the molecule is CC(C(=O)O)=C1c2ccccc2CCc2cc(Cl)ccc21. The molecule has 21 heavy (non-hydrogen) atoms. The Morgan fingerprint density at radius 2 is 1.71 bits per heavy atom. The predicted octanol–water partition coefficient (Wildman–Crippen LogP) is 4.35. The number of rotatable bonds is 1. The molecule has 2 aromatic carbocycles. The molecule has 0 atom stereocenters. The highest BCUT2D eigenvalue weighted by molar-refractivity contribution is 6.30. The minimum absolute atomic E-state index is 0.368. The number of halogens is 1. The Balaban J connectivity index is 2.36. The number of aliphatic carboxylic acids is 1. The number of carbonyl (C=O) groups is 1. The van der Waals surface area contributed by atoms with Crippen molar-refractivity contribution < 1.29 is 9.90 Å². The lowest BCUT2D eigenvalue weighted by molar-refractivity contribution is -0.132. The Morgan fingerprint density at radius 3 is 2.48 bits per heavy atom. The molecule has 0 fully saturated rings. The van der Waals surface area contributed by atoms with E-state index in [-0.39, 0.29) is 0 Å². The highest BCUT2D eigenvalue weighted by atomic mass is 35.5. The minimum Gasteiger partial charge on any atom is -0.478 e. The molecule has 0 aliphatic heterocycles. The summed E-state index contributed by atoms with van der Waals surface area (Å²) in [4.78, 5) is 11.5. The summed E-state index contributed by atoms with van der Waals surface area (Å²) in [5.41, 5.74) is 5.45. The maximum Gasteiger partial charge on any atom is 0.331 e. The largest absolute Gasteiger partial charge is 0.478 e. The number of carboxylic acids is 1. The van der Waals surface area contributed by atoms with E-state index in [0.717, 1.165) is 35.1 Å². The van der Waals surface area contributed by atoms with Gasteiger partial charge in [-0.2, -0.15) is 0 Å². The van der Waals surface area contributed by atoms with Crippen molar-refractivity contribution >= 4 is 23.1 Å². The summed E-state index contributed by atoms with van der Waals surface area (Å²) in [6.07, 6.45) is 1.75. The van der Waals surface area contributed by atoms with Crippen molar-refractivity contribution in [2.45, 2.75) is 19.8 Å². The second-order valence-corrected chi connectivity index (χ2v) is 5.70. The third-order valence-electron chi connectivity index (χ3n) is 3.98. The van der Waals surface area contributed by atoms with E-state index >= 15 is 0 Å². The van der Waals surface area contributed by atoms with E-state index in [9.17, 15) is 9.90 Å². The molecule has 2 aromatic rings. The predicted molar refractivity (Wildman–Crippen MR) is 84.6 cm³/mol. The van der Waals surface area contributed by atoms with Gasteiger partial charge in [-0.05, 0) is 59.7 Å². The molecule has 1 aliphatic carbocycles. The summed E-state index contributed by atoms with van der Waals surface area (Å²) >= 11 is 6.10. The first-order valence-corrected chi connectivity index (χ1v) is 7.27. The van der Waals surface area contributed by atoms with Gasteiger partial charge in [-0.3, -0.25) is 0 Å². The molecule has 0 saturated carbocycles. The van der Waals surface area contributed by atoms with Crippen LogP contribution in [0.2, 0.25) is 5.02 Å². The van der Waals surface area contributed by atoms with E-state index in [4.69, 9.17) is 11.6 Å². The molecule has 0 radical (unpaired) electrons. The van der Waals surface area contributed by atoms with Gasteiger partial charge in [0.25, 0.3) is 0 Å². The molecule has 106 valence electrons. The van der Waals surface area contributed by atoms with Gasteiger partial charge in [0.05, 0.1) is 0 Å². The van der Waals surface area contributed by atoms with E-state index in [1.165, 1.54) is 5.56 Å². The van der Waals surface area contributed by atoms with Gasteiger partial charge in [0, 0.05) is 10.6 Å². The van der Waals surface area contributed by atoms with Crippen molar-refractivity contribution in [2.75, 3.05) is 0 Å². The van der Waals surface area contributed by atoms with Gasteiger partial charge in [0.15, 0.2) is 0 Å². The fourth-order valence-corrected chi connectivity index (χ4v) is 3.12. The smallest absolute Gasteiger partial charge is 0.331 e. The van der Waals surface area contributed by atoms with E-state index < -0.39 is 5.97 Å². The van der Waals surface area contributed by atoms with Gasteiger partial charge in [0.2, 0.25) is 0 Å². The van der Waals surface area contributed by atoms with Crippen molar-refractivity contribution in [3.8, 4) is 0 Å². The lowest BCUT2D eigenvalue weighted by Gasteiger charge is -2.14. The van der Waals surface area contributed by atoms with Crippen molar-refractivity contribution in [3.63, 3.8) is 0 Å². The van der Waals surface area contributed by atoms with Crippen LogP contribution in [0.1, 0.15) is 29.2 Å². The molecular formula is C18H15ClO2. The fraction of sp³-hybridized carbons (Fsp3) is 0.167. The van der Waals surface area contributed by atoms with Crippen LogP contribution in [0.5, 0.6) is 0 Å². The summed E-state index contributed by atoms with van der Waals surface area (Å²) in [5, 5.41) is 10.1. The van der Waals surface area contributed by atoms with Crippen LogP contribution < -0.4 is 0 Å². The minimum atomic E-state index is -0.886. The number of carboxylic acid groups (broad SMARTS) is 1. The average Bonchev–Trinajstić information content (AvgIpc) is 2.63. The summed E-state index contributed by atoms with van der Waals surface area (Å²) in [5.74, 6) is -0.886. The van der Waals surface area contributed by atoms with Crippen molar-refractivity contribution in [2.24, 2.45) is 0 Å². The van der Waals surface area contributed by atoms with Gasteiger partial charge in [-0.25, -0.2) is 4.79 Å². The number of hydrogen-bond donors (Lipinski definition) is 1. The van der Waals surface area contributed by atoms with Crippen LogP contribution in [0.3, 0.4) is 0 Å². The second-order valence-electron chi connectivity index (χ2n) is 5.26. The molecule has 0 unspecified atom stereocenters. The van der Waals surface area contributed by atoms with Crippen molar-refractivity contribution in [1.29, 1.82) is 0 Å². The first kappa shape index (κ1) is 13.9. The zero-order chi connectivity index (χ0) is 15.0. The number of benzene rings is 2. The summed E-state index contributed by atoms with van der Waals surface area (Å²) in [6.45, 7) is 1.66. The maximum absolute atomic E-state index is 11.5. The summed E-state index contributed by atoms with van der Waals surface area (Å²) in [7, 11) is 0. The lowest BCUT2D eigenvalue weighted by atomic mass is 9.90. The van der Waals surface area contributed by atoms with E-state index in [1.54, 1.807) is 6.92 Å². The molecule has 0 amide bonds. The van der Waals surface area contributed by atoms with Crippen LogP contribution in [0.15, 0.2) is 48.0 Å². The molecule has 1 N–H and O–H groups in total. The van der Waals surface area contributed by atoms with E-state index in [1.807, 2.05) is 36.4 Å².